The van der Waals surface area contributed by atoms with Gasteiger partial charge in [-0.15, -0.1) is 0 Å². The molecule has 0 saturated carbocycles. The number of nitrogens with one attached hydrogen (secondary N) is 2. The summed E-state index contributed by atoms with van der Waals surface area (Å²) in [5.41, 5.74) is 2.50. The minimum atomic E-state index is 0.202. The van der Waals surface area contributed by atoms with Gasteiger partial charge in [0.1, 0.15) is 0 Å². The van der Waals surface area contributed by atoms with E-state index in [9.17, 15) is 4.79 Å². The highest BCUT2D eigenvalue weighted by molar-refractivity contribution is 5.76. The van der Waals surface area contributed by atoms with E-state index < -0.39 is 0 Å². The van der Waals surface area contributed by atoms with Gasteiger partial charge in [0.25, 0.3) is 0 Å². The fourth-order valence-corrected chi connectivity index (χ4v) is 2.73. The number of carbonyl (C=O) groups excluding carboxylic acids is 1. The molecular formula is C17H26N2O. The number of unbranched alkanes of at least 4 members (excludes halogenated alkanes) is 4. The SMILES string of the molecule is CCCCCCCC(=O)NC1CNc2ccccc2C1. The second-order valence-electron chi connectivity index (χ2n) is 5.67. The van der Waals surface area contributed by atoms with Crippen LogP contribution in [0.3, 0.4) is 0 Å². The minimum Gasteiger partial charge on any atom is -0.383 e. The van der Waals surface area contributed by atoms with E-state index in [2.05, 4.69) is 35.8 Å². The number of carbonyl (C=O) groups is 1. The number of para-hydroxylation sites is 1. The number of rotatable bonds is 7. The molecule has 1 aliphatic heterocycles. The quantitative estimate of drug-likeness (QED) is 0.747. The number of benzene rings is 1. The van der Waals surface area contributed by atoms with E-state index in [0.29, 0.717) is 6.42 Å². The van der Waals surface area contributed by atoms with Crippen LogP contribution >= 0.6 is 0 Å². The van der Waals surface area contributed by atoms with Crippen molar-refractivity contribution in [1.29, 1.82) is 0 Å². The Balaban J connectivity index is 1.68. The van der Waals surface area contributed by atoms with Gasteiger partial charge in [-0.1, -0.05) is 50.8 Å². The molecule has 0 bridgehead atoms. The summed E-state index contributed by atoms with van der Waals surface area (Å²) in [6.45, 7) is 3.04. The summed E-state index contributed by atoms with van der Waals surface area (Å²) in [6.07, 6.45) is 7.58. The normalized spacial score (nSPS) is 17.1. The van der Waals surface area contributed by atoms with Crippen LogP contribution in [0.2, 0.25) is 0 Å². The van der Waals surface area contributed by atoms with Crippen molar-refractivity contribution in [2.24, 2.45) is 0 Å². The summed E-state index contributed by atoms with van der Waals surface area (Å²) in [5, 5.41) is 6.54. The monoisotopic (exact) mass is 274 g/mol. The molecule has 3 heteroatoms. The fourth-order valence-electron chi connectivity index (χ4n) is 2.73. The maximum absolute atomic E-state index is 11.9. The summed E-state index contributed by atoms with van der Waals surface area (Å²) >= 11 is 0. The fraction of sp³-hybridized carbons (Fsp3) is 0.588. The van der Waals surface area contributed by atoms with Crippen LogP contribution in [-0.2, 0) is 11.2 Å². The third-order valence-electron chi connectivity index (χ3n) is 3.90. The average Bonchev–Trinajstić information content (AvgIpc) is 2.47. The predicted octanol–water partition coefficient (Wildman–Crippen LogP) is 3.50. The highest BCUT2D eigenvalue weighted by Gasteiger charge is 2.18. The van der Waals surface area contributed by atoms with E-state index >= 15 is 0 Å². The van der Waals surface area contributed by atoms with Gasteiger partial charge in [0.05, 0.1) is 6.04 Å². The Morgan fingerprint density at radius 3 is 2.90 bits per heavy atom. The van der Waals surface area contributed by atoms with Crippen molar-refractivity contribution in [3.8, 4) is 0 Å². The van der Waals surface area contributed by atoms with Gasteiger partial charge in [-0.05, 0) is 24.5 Å². The molecule has 0 fully saturated rings. The molecule has 1 unspecified atom stereocenters. The van der Waals surface area contributed by atoms with Gasteiger partial charge in [-0.25, -0.2) is 0 Å². The van der Waals surface area contributed by atoms with E-state index in [0.717, 1.165) is 19.4 Å². The van der Waals surface area contributed by atoms with E-state index in [1.54, 1.807) is 0 Å². The number of hydrogen-bond acceptors (Lipinski definition) is 2. The van der Waals surface area contributed by atoms with Crippen molar-refractivity contribution in [1.82, 2.24) is 5.32 Å². The summed E-state index contributed by atoms with van der Waals surface area (Å²) < 4.78 is 0. The third-order valence-corrected chi connectivity index (χ3v) is 3.90. The number of fused-ring (bicyclic) bond motifs is 1. The van der Waals surface area contributed by atoms with Gasteiger partial charge in [0, 0.05) is 18.7 Å². The van der Waals surface area contributed by atoms with Gasteiger partial charge >= 0.3 is 0 Å². The van der Waals surface area contributed by atoms with Crippen LogP contribution < -0.4 is 10.6 Å². The van der Waals surface area contributed by atoms with Crippen LogP contribution in [0.1, 0.15) is 51.0 Å². The van der Waals surface area contributed by atoms with Gasteiger partial charge in [-0.3, -0.25) is 4.79 Å². The minimum absolute atomic E-state index is 0.202. The standard InChI is InChI=1S/C17H26N2O/c1-2-3-4-5-6-11-17(20)19-15-12-14-9-7-8-10-16(14)18-13-15/h7-10,15,18H,2-6,11-13H2,1H3,(H,19,20). The molecule has 110 valence electrons. The van der Waals surface area contributed by atoms with Crippen LogP contribution in [-0.4, -0.2) is 18.5 Å². The maximum atomic E-state index is 11.9. The molecule has 0 saturated heterocycles. The molecule has 1 aliphatic rings. The first-order valence-electron chi connectivity index (χ1n) is 7.90. The van der Waals surface area contributed by atoms with Crippen LogP contribution in [0, 0.1) is 0 Å². The van der Waals surface area contributed by atoms with Crippen molar-refractivity contribution >= 4 is 11.6 Å². The van der Waals surface area contributed by atoms with E-state index in [1.807, 2.05) is 6.07 Å². The summed E-state index contributed by atoms with van der Waals surface area (Å²) in [5.74, 6) is 0.202. The second-order valence-corrected chi connectivity index (χ2v) is 5.67. The molecule has 1 amide bonds. The Bertz CT molecular complexity index is 431. The predicted molar refractivity (Wildman–Crippen MR) is 83.9 cm³/mol. The summed E-state index contributed by atoms with van der Waals surface area (Å²) in [7, 11) is 0. The molecule has 1 aromatic carbocycles. The first-order chi connectivity index (χ1) is 9.79. The van der Waals surface area contributed by atoms with E-state index in [-0.39, 0.29) is 11.9 Å². The third kappa shape index (κ3) is 4.55. The van der Waals surface area contributed by atoms with Crippen LogP contribution in [0.25, 0.3) is 0 Å². The zero-order chi connectivity index (χ0) is 14.2. The highest BCUT2D eigenvalue weighted by Crippen LogP contribution is 2.21. The highest BCUT2D eigenvalue weighted by atomic mass is 16.1. The van der Waals surface area contributed by atoms with Crippen molar-refractivity contribution < 1.29 is 4.79 Å². The van der Waals surface area contributed by atoms with Gasteiger partial charge in [0.15, 0.2) is 0 Å². The van der Waals surface area contributed by atoms with Crippen molar-refractivity contribution in [2.45, 2.75) is 57.9 Å². The molecule has 1 atom stereocenters. The van der Waals surface area contributed by atoms with Crippen LogP contribution in [0.4, 0.5) is 5.69 Å². The molecule has 2 N–H and O–H groups in total. The number of amides is 1. The van der Waals surface area contributed by atoms with Crippen molar-refractivity contribution in [2.75, 3.05) is 11.9 Å². The first-order valence-corrected chi connectivity index (χ1v) is 7.90. The van der Waals surface area contributed by atoms with E-state index in [1.165, 1.54) is 36.9 Å². The van der Waals surface area contributed by atoms with Crippen LogP contribution in [0.5, 0.6) is 0 Å². The lowest BCUT2D eigenvalue weighted by Gasteiger charge is -2.26. The molecule has 1 heterocycles. The van der Waals surface area contributed by atoms with Gasteiger partial charge in [0.2, 0.25) is 5.91 Å². The average molecular weight is 274 g/mol. The van der Waals surface area contributed by atoms with Crippen molar-refractivity contribution in [3.63, 3.8) is 0 Å². The lowest BCUT2D eigenvalue weighted by molar-refractivity contribution is -0.121. The topological polar surface area (TPSA) is 41.1 Å². The van der Waals surface area contributed by atoms with Crippen LogP contribution in [0.15, 0.2) is 24.3 Å². The molecule has 3 nitrogen and oxygen atoms in total. The number of anilines is 1. The molecule has 0 aliphatic carbocycles. The molecule has 0 radical (unpaired) electrons. The Hall–Kier alpha value is -1.51. The van der Waals surface area contributed by atoms with Crippen molar-refractivity contribution in [3.05, 3.63) is 29.8 Å². The number of hydrogen-bond donors (Lipinski definition) is 2. The first kappa shape index (κ1) is 14.9. The summed E-state index contributed by atoms with van der Waals surface area (Å²) in [6, 6.07) is 8.56. The maximum Gasteiger partial charge on any atom is 0.220 e. The lowest BCUT2D eigenvalue weighted by atomic mass is 9.99. The molecule has 2 rings (SSSR count). The summed E-state index contributed by atoms with van der Waals surface area (Å²) in [4.78, 5) is 11.9. The van der Waals surface area contributed by atoms with E-state index in [4.69, 9.17) is 0 Å². The Labute approximate surface area is 122 Å². The zero-order valence-electron chi connectivity index (χ0n) is 12.5. The molecular weight excluding hydrogens is 248 g/mol. The lowest BCUT2D eigenvalue weighted by Crippen LogP contribution is -2.43. The Kier molecular flexibility index (Phi) is 5.90. The largest absolute Gasteiger partial charge is 0.383 e. The zero-order valence-corrected chi connectivity index (χ0v) is 12.5. The second kappa shape index (κ2) is 7.93. The van der Waals surface area contributed by atoms with Gasteiger partial charge in [-0.2, -0.15) is 0 Å². The molecule has 1 aromatic rings. The molecule has 0 aromatic heterocycles. The Morgan fingerprint density at radius 2 is 2.05 bits per heavy atom. The smallest absolute Gasteiger partial charge is 0.220 e. The van der Waals surface area contributed by atoms with Gasteiger partial charge < -0.3 is 10.6 Å². The molecule has 0 spiro atoms. The Morgan fingerprint density at radius 1 is 1.25 bits per heavy atom. The molecule has 20 heavy (non-hydrogen) atoms.